The molecule has 0 aromatic heterocycles. The number of carboxylic acid groups (broad SMARTS) is 1. The first-order valence-corrected chi connectivity index (χ1v) is 4.80. The average molecular weight is 197 g/mol. The predicted molar refractivity (Wildman–Crippen MR) is 51.8 cm³/mol. The van der Waals surface area contributed by atoms with Gasteiger partial charge < -0.3 is 10.0 Å². The highest BCUT2D eigenvalue weighted by molar-refractivity contribution is 5.89. The Kier molecular flexibility index (Phi) is 3.68. The summed E-state index contributed by atoms with van der Waals surface area (Å²) in [5.41, 5.74) is 0. The van der Waals surface area contributed by atoms with Gasteiger partial charge in [0.1, 0.15) is 6.54 Å². The van der Waals surface area contributed by atoms with Crippen LogP contribution in [-0.2, 0) is 9.59 Å². The van der Waals surface area contributed by atoms with Gasteiger partial charge in [-0.1, -0.05) is 19.4 Å². The van der Waals surface area contributed by atoms with Crippen LogP contribution in [0.5, 0.6) is 0 Å². The highest BCUT2D eigenvalue weighted by Crippen LogP contribution is 2.23. The minimum atomic E-state index is -0.966. The molecule has 0 unspecified atom stereocenters. The molecule has 0 saturated heterocycles. The van der Waals surface area contributed by atoms with Crippen LogP contribution in [0, 0.1) is 0 Å². The highest BCUT2D eigenvalue weighted by atomic mass is 16.4. The van der Waals surface area contributed by atoms with Crippen molar-refractivity contribution in [3.8, 4) is 0 Å². The van der Waals surface area contributed by atoms with E-state index in [9.17, 15) is 9.59 Å². The van der Waals surface area contributed by atoms with Crippen molar-refractivity contribution < 1.29 is 14.7 Å². The smallest absolute Gasteiger partial charge is 0.323 e. The summed E-state index contributed by atoms with van der Waals surface area (Å²) >= 11 is 0. The van der Waals surface area contributed by atoms with Crippen LogP contribution in [0.3, 0.4) is 0 Å². The Morgan fingerprint density at radius 1 is 1.43 bits per heavy atom. The molecule has 1 aliphatic rings. The third-order valence-corrected chi connectivity index (χ3v) is 2.53. The molecular weight excluding hydrogens is 182 g/mol. The lowest BCUT2D eigenvalue weighted by atomic mass is 10.2. The van der Waals surface area contributed by atoms with Crippen molar-refractivity contribution in [2.75, 3.05) is 6.54 Å². The van der Waals surface area contributed by atoms with Crippen molar-refractivity contribution in [2.45, 2.75) is 31.7 Å². The zero-order chi connectivity index (χ0) is 10.6. The first-order chi connectivity index (χ1) is 6.65. The summed E-state index contributed by atoms with van der Waals surface area (Å²) in [5, 5.41) is 8.66. The third-order valence-electron chi connectivity index (χ3n) is 2.53. The Bertz CT molecular complexity index is 244. The Hall–Kier alpha value is -1.32. The molecule has 1 amide bonds. The first kappa shape index (κ1) is 10.8. The standard InChI is InChI=1S/C10H15NO3/c1-2-9(12)11(7-10(13)14)8-5-3-4-6-8/h2,8H,1,3-7H2,(H,13,14). The van der Waals surface area contributed by atoms with Crippen LogP contribution in [0.2, 0.25) is 0 Å². The van der Waals surface area contributed by atoms with Crippen LogP contribution >= 0.6 is 0 Å². The molecule has 0 aromatic rings. The van der Waals surface area contributed by atoms with Crippen molar-refractivity contribution in [3.63, 3.8) is 0 Å². The van der Waals surface area contributed by atoms with Crippen molar-refractivity contribution in [2.24, 2.45) is 0 Å². The number of hydrogen-bond donors (Lipinski definition) is 1. The zero-order valence-electron chi connectivity index (χ0n) is 8.11. The number of amides is 1. The number of rotatable bonds is 4. The summed E-state index contributed by atoms with van der Waals surface area (Å²) < 4.78 is 0. The average Bonchev–Trinajstić information content (AvgIpc) is 2.65. The molecule has 1 N–H and O–H groups in total. The van der Waals surface area contributed by atoms with Crippen LogP contribution in [-0.4, -0.2) is 34.5 Å². The Morgan fingerprint density at radius 2 is 2.00 bits per heavy atom. The molecule has 0 spiro atoms. The Balaban J connectivity index is 2.64. The van der Waals surface area contributed by atoms with Gasteiger partial charge in [-0.15, -0.1) is 0 Å². The van der Waals surface area contributed by atoms with Crippen LogP contribution in [0.15, 0.2) is 12.7 Å². The molecule has 4 heteroatoms. The third kappa shape index (κ3) is 2.58. The van der Waals surface area contributed by atoms with Gasteiger partial charge in [0.05, 0.1) is 0 Å². The van der Waals surface area contributed by atoms with E-state index in [4.69, 9.17) is 5.11 Å². The van der Waals surface area contributed by atoms with Crippen molar-refractivity contribution >= 4 is 11.9 Å². The molecular formula is C10H15NO3. The second-order valence-corrected chi connectivity index (χ2v) is 3.50. The van der Waals surface area contributed by atoms with Crippen molar-refractivity contribution in [3.05, 3.63) is 12.7 Å². The molecule has 1 rings (SSSR count). The van der Waals surface area contributed by atoms with E-state index in [0.29, 0.717) is 0 Å². The largest absolute Gasteiger partial charge is 0.480 e. The summed E-state index contributed by atoms with van der Waals surface area (Å²) in [4.78, 5) is 23.3. The maximum absolute atomic E-state index is 11.4. The zero-order valence-corrected chi connectivity index (χ0v) is 8.11. The maximum atomic E-state index is 11.4. The fourth-order valence-electron chi connectivity index (χ4n) is 1.87. The second-order valence-electron chi connectivity index (χ2n) is 3.50. The van der Waals surface area contributed by atoms with Gasteiger partial charge in [0, 0.05) is 6.04 Å². The van der Waals surface area contributed by atoms with E-state index in [1.807, 2.05) is 0 Å². The van der Waals surface area contributed by atoms with Crippen LogP contribution in [0.4, 0.5) is 0 Å². The first-order valence-electron chi connectivity index (χ1n) is 4.80. The van der Waals surface area contributed by atoms with Crippen LogP contribution < -0.4 is 0 Å². The van der Waals surface area contributed by atoms with E-state index < -0.39 is 5.97 Å². The summed E-state index contributed by atoms with van der Waals surface area (Å²) in [6, 6.07) is 0.0941. The number of nitrogens with zero attached hydrogens (tertiary/aromatic N) is 1. The lowest BCUT2D eigenvalue weighted by Gasteiger charge is -2.25. The monoisotopic (exact) mass is 197 g/mol. The summed E-state index contributed by atoms with van der Waals surface area (Å²) in [6.07, 6.45) is 5.15. The molecule has 4 nitrogen and oxygen atoms in total. The molecule has 0 aliphatic heterocycles. The minimum absolute atomic E-state index is 0.0941. The molecule has 0 atom stereocenters. The van der Waals surface area contributed by atoms with Crippen molar-refractivity contribution in [1.29, 1.82) is 0 Å². The van der Waals surface area contributed by atoms with Gasteiger partial charge in [0.15, 0.2) is 0 Å². The van der Waals surface area contributed by atoms with Gasteiger partial charge in [-0.2, -0.15) is 0 Å². The van der Waals surface area contributed by atoms with Crippen molar-refractivity contribution in [1.82, 2.24) is 4.90 Å². The second kappa shape index (κ2) is 4.79. The van der Waals surface area contributed by atoms with Gasteiger partial charge in [0.2, 0.25) is 5.91 Å². The summed E-state index contributed by atoms with van der Waals surface area (Å²) in [6.45, 7) is 3.16. The van der Waals surface area contributed by atoms with Crippen LogP contribution in [0.1, 0.15) is 25.7 Å². The maximum Gasteiger partial charge on any atom is 0.323 e. The van der Waals surface area contributed by atoms with Gasteiger partial charge in [-0.05, 0) is 18.9 Å². The molecule has 0 radical (unpaired) electrons. The molecule has 0 bridgehead atoms. The molecule has 0 heterocycles. The molecule has 0 aromatic carbocycles. The van der Waals surface area contributed by atoms with E-state index >= 15 is 0 Å². The number of hydrogen-bond acceptors (Lipinski definition) is 2. The lowest BCUT2D eigenvalue weighted by molar-refractivity contribution is -0.144. The molecule has 1 fully saturated rings. The van der Waals surface area contributed by atoms with E-state index in [-0.39, 0.29) is 18.5 Å². The van der Waals surface area contributed by atoms with E-state index in [1.165, 1.54) is 11.0 Å². The predicted octanol–water partition coefficient (Wildman–Crippen LogP) is 1.03. The Morgan fingerprint density at radius 3 is 2.43 bits per heavy atom. The summed E-state index contributed by atoms with van der Waals surface area (Å²) in [7, 11) is 0. The SMILES string of the molecule is C=CC(=O)N(CC(=O)O)C1CCCC1. The minimum Gasteiger partial charge on any atom is -0.480 e. The topological polar surface area (TPSA) is 57.6 Å². The molecule has 14 heavy (non-hydrogen) atoms. The highest BCUT2D eigenvalue weighted by Gasteiger charge is 2.26. The molecule has 1 aliphatic carbocycles. The molecule has 78 valence electrons. The number of carbonyl (C=O) groups excluding carboxylic acids is 1. The van der Waals surface area contributed by atoms with E-state index in [2.05, 4.69) is 6.58 Å². The van der Waals surface area contributed by atoms with E-state index in [1.54, 1.807) is 0 Å². The lowest BCUT2D eigenvalue weighted by Crippen LogP contribution is -2.41. The van der Waals surface area contributed by atoms with Gasteiger partial charge in [-0.3, -0.25) is 9.59 Å². The molecule has 1 saturated carbocycles. The number of aliphatic carboxylic acids is 1. The van der Waals surface area contributed by atoms with Gasteiger partial charge in [-0.25, -0.2) is 0 Å². The van der Waals surface area contributed by atoms with E-state index in [0.717, 1.165) is 25.7 Å². The van der Waals surface area contributed by atoms with Gasteiger partial charge >= 0.3 is 5.97 Å². The fraction of sp³-hybridized carbons (Fsp3) is 0.600. The number of carbonyl (C=O) groups is 2. The quantitative estimate of drug-likeness (QED) is 0.685. The Labute approximate surface area is 83.2 Å². The van der Waals surface area contributed by atoms with Gasteiger partial charge in [0.25, 0.3) is 0 Å². The summed E-state index contributed by atoms with van der Waals surface area (Å²) in [5.74, 6) is -1.24. The fourth-order valence-corrected chi connectivity index (χ4v) is 1.87. The van der Waals surface area contributed by atoms with Crippen LogP contribution in [0.25, 0.3) is 0 Å². The number of carboxylic acids is 1. The normalized spacial score (nSPS) is 16.6.